The third-order valence-electron chi connectivity index (χ3n) is 6.26. The Balaban J connectivity index is 1.48. The average molecular weight is 482 g/mol. The molecule has 1 atom stereocenters. The number of benzene rings is 2. The highest BCUT2D eigenvalue weighted by Crippen LogP contribution is 2.34. The van der Waals surface area contributed by atoms with Crippen LogP contribution >= 0.6 is 11.3 Å². The Hall–Kier alpha value is -2.77. The van der Waals surface area contributed by atoms with Crippen molar-refractivity contribution in [1.29, 1.82) is 0 Å². The molecule has 0 unspecified atom stereocenters. The fourth-order valence-electron chi connectivity index (χ4n) is 4.75. The van der Waals surface area contributed by atoms with Crippen molar-refractivity contribution in [3.05, 3.63) is 71.2 Å². The normalized spacial score (nSPS) is 16.7. The van der Waals surface area contributed by atoms with Crippen LogP contribution in [0.3, 0.4) is 0 Å². The summed E-state index contributed by atoms with van der Waals surface area (Å²) in [6.07, 6.45) is 5.31. The number of carbonyl (C=O) groups is 1. The first-order chi connectivity index (χ1) is 16.4. The lowest BCUT2D eigenvalue weighted by Crippen LogP contribution is -2.53. The molecular weight excluding hydrogens is 449 g/mol. The summed E-state index contributed by atoms with van der Waals surface area (Å²) in [5.41, 5.74) is 3.99. The van der Waals surface area contributed by atoms with Crippen molar-refractivity contribution in [2.24, 2.45) is 0 Å². The van der Waals surface area contributed by atoms with Crippen molar-refractivity contribution >= 4 is 22.4 Å². The zero-order chi connectivity index (χ0) is 24.1. The molecule has 5 nitrogen and oxygen atoms in total. The Bertz CT molecular complexity index is 1130. The summed E-state index contributed by atoms with van der Waals surface area (Å²) in [4.78, 5) is 21.8. The van der Waals surface area contributed by atoms with Crippen LogP contribution in [0.4, 0.5) is 9.52 Å². The molecule has 0 spiro atoms. The van der Waals surface area contributed by atoms with Gasteiger partial charge in [0, 0.05) is 38.4 Å². The number of thiazole rings is 1. The molecule has 1 fully saturated rings. The lowest BCUT2D eigenvalue weighted by molar-refractivity contribution is -0.136. The Morgan fingerprint density at radius 3 is 2.79 bits per heavy atom. The number of halogens is 1. The molecule has 7 heteroatoms. The van der Waals surface area contributed by atoms with Gasteiger partial charge >= 0.3 is 5.97 Å². The summed E-state index contributed by atoms with van der Waals surface area (Å²) < 4.78 is 13.7. The van der Waals surface area contributed by atoms with Gasteiger partial charge in [-0.15, -0.1) is 0 Å². The molecule has 180 valence electrons. The van der Waals surface area contributed by atoms with Gasteiger partial charge in [0.15, 0.2) is 5.13 Å². The summed E-state index contributed by atoms with van der Waals surface area (Å²) in [7, 11) is 0. The molecule has 0 amide bonds. The third kappa shape index (κ3) is 6.21. The van der Waals surface area contributed by atoms with Crippen LogP contribution in [0.1, 0.15) is 42.9 Å². The number of hydrogen-bond donors (Lipinski definition) is 1. The van der Waals surface area contributed by atoms with Gasteiger partial charge in [0.2, 0.25) is 0 Å². The monoisotopic (exact) mass is 481 g/mol. The quantitative estimate of drug-likeness (QED) is 0.421. The second kappa shape index (κ2) is 11.1. The number of aromatic nitrogens is 1. The molecule has 1 aliphatic rings. The molecule has 1 aromatic heterocycles. The molecule has 2 heterocycles. The van der Waals surface area contributed by atoms with E-state index in [2.05, 4.69) is 22.8 Å². The van der Waals surface area contributed by atoms with Crippen LogP contribution in [0.5, 0.6) is 0 Å². The van der Waals surface area contributed by atoms with E-state index in [-0.39, 0.29) is 12.2 Å². The summed E-state index contributed by atoms with van der Waals surface area (Å²) in [6.45, 7) is 7.80. The smallest absolute Gasteiger partial charge is 0.307 e. The zero-order valence-corrected chi connectivity index (χ0v) is 20.7. The van der Waals surface area contributed by atoms with E-state index in [0.29, 0.717) is 6.04 Å². The summed E-state index contributed by atoms with van der Waals surface area (Å²) in [5, 5.41) is 10.2. The molecule has 2 aromatic carbocycles. The molecule has 1 saturated heterocycles. The number of hydrogen-bond acceptors (Lipinski definition) is 5. The Kier molecular flexibility index (Phi) is 7.95. The topological polar surface area (TPSA) is 56.7 Å². The van der Waals surface area contributed by atoms with Crippen LogP contribution in [-0.2, 0) is 17.8 Å². The van der Waals surface area contributed by atoms with E-state index in [0.717, 1.165) is 72.1 Å². The van der Waals surface area contributed by atoms with Crippen molar-refractivity contribution in [3.8, 4) is 10.4 Å². The maximum Gasteiger partial charge on any atom is 0.307 e. The second-order valence-corrected chi connectivity index (χ2v) is 10.1. The maximum absolute atomic E-state index is 13.7. The van der Waals surface area contributed by atoms with Crippen molar-refractivity contribution in [2.75, 3.05) is 24.5 Å². The first-order valence-corrected chi connectivity index (χ1v) is 12.7. The highest BCUT2D eigenvalue weighted by molar-refractivity contribution is 7.18. The predicted molar refractivity (Wildman–Crippen MR) is 136 cm³/mol. The first kappa shape index (κ1) is 24.4. The van der Waals surface area contributed by atoms with Crippen molar-refractivity contribution < 1.29 is 14.3 Å². The van der Waals surface area contributed by atoms with E-state index in [1.807, 2.05) is 31.3 Å². The first-order valence-electron chi connectivity index (χ1n) is 11.9. The molecule has 34 heavy (non-hydrogen) atoms. The van der Waals surface area contributed by atoms with Crippen LogP contribution in [0.25, 0.3) is 10.4 Å². The average Bonchev–Trinajstić information content (AvgIpc) is 3.27. The minimum Gasteiger partial charge on any atom is -0.481 e. The molecule has 1 aliphatic heterocycles. The van der Waals surface area contributed by atoms with Gasteiger partial charge in [0.05, 0.1) is 11.3 Å². The number of carboxylic acids is 1. The molecule has 0 radical (unpaired) electrons. The molecular formula is C27H32FN3O2S. The van der Waals surface area contributed by atoms with E-state index < -0.39 is 5.97 Å². The van der Waals surface area contributed by atoms with Crippen LogP contribution in [0, 0.1) is 12.7 Å². The summed E-state index contributed by atoms with van der Waals surface area (Å²) in [5.74, 6) is -1.03. The SMILES string of the molecule is CCCC[C@H]1CN(Cc2cc(C)cc(CC(=O)O)c2)CCN1c1ncc(-c2cccc(F)c2)s1. The number of piperazine rings is 1. The highest BCUT2D eigenvalue weighted by atomic mass is 32.1. The van der Waals surface area contributed by atoms with Gasteiger partial charge < -0.3 is 10.0 Å². The van der Waals surface area contributed by atoms with Gasteiger partial charge in [-0.05, 0) is 42.2 Å². The molecule has 4 rings (SSSR count). The van der Waals surface area contributed by atoms with Gasteiger partial charge in [-0.2, -0.15) is 0 Å². The second-order valence-electron chi connectivity index (χ2n) is 9.14. The van der Waals surface area contributed by atoms with Crippen LogP contribution < -0.4 is 4.90 Å². The van der Waals surface area contributed by atoms with E-state index in [4.69, 9.17) is 4.98 Å². The number of unbranched alkanes of at least 4 members (excludes halogenated alkanes) is 1. The van der Waals surface area contributed by atoms with Crippen LogP contribution in [-0.4, -0.2) is 46.6 Å². The molecule has 0 bridgehead atoms. The predicted octanol–water partition coefficient (Wildman–Crippen LogP) is 5.77. The Morgan fingerprint density at radius 1 is 1.21 bits per heavy atom. The van der Waals surface area contributed by atoms with Gasteiger partial charge in [-0.1, -0.05) is 67.0 Å². The molecule has 0 saturated carbocycles. The number of nitrogens with zero attached hydrogens (tertiary/aromatic N) is 3. The van der Waals surface area contributed by atoms with E-state index >= 15 is 0 Å². The highest BCUT2D eigenvalue weighted by Gasteiger charge is 2.29. The Morgan fingerprint density at radius 2 is 2.03 bits per heavy atom. The number of carboxylic acid groups (broad SMARTS) is 1. The van der Waals surface area contributed by atoms with Gasteiger partial charge in [-0.25, -0.2) is 9.37 Å². The summed E-state index contributed by atoms with van der Waals surface area (Å²) in [6, 6.07) is 13.2. The van der Waals surface area contributed by atoms with E-state index in [9.17, 15) is 14.3 Å². The fraction of sp³-hybridized carbons (Fsp3) is 0.407. The number of rotatable bonds is 9. The van der Waals surface area contributed by atoms with Gasteiger partial charge in [0.25, 0.3) is 0 Å². The van der Waals surface area contributed by atoms with E-state index in [1.165, 1.54) is 11.6 Å². The number of anilines is 1. The van der Waals surface area contributed by atoms with Crippen molar-refractivity contribution in [2.45, 2.75) is 52.1 Å². The zero-order valence-electron chi connectivity index (χ0n) is 19.8. The number of aliphatic carboxylic acids is 1. The minimum atomic E-state index is -0.800. The third-order valence-corrected chi connectivity index (χ3v) is 7.35. The largest absolute Gasteiger partial charge is 0.481 e. The van der Waals surface area contributed by atoms with Gasteiger partial charge in [-0.3, -0.25) is 9.69 Å². The van der Waals surface area contributed by atoms with Gasteiger partial charge in [0.1, 0.15) is 5.82 Å². The minimum absolute atomic E-state index is 0.0548. The van der Waals surface area contributed by atoms with Crippen LogP contribution in [0.15, 0.2) is 48.7 Å². The lowest BCUT2D eigenvalue weighted by Gasteiger charge is -2.41. The van der Waals surface area contributed by atoms with Crippen molar-refractivity contribution in [3.63, 3.8) is 0 Å². The lowest BCUT2D eigenvalue weighted by atomic mass is 10.0. The standard InChI is InChI=1S/C27H32FN3O2S/c1-3-4-8-24-18-30(17-21-12-19(2)11-20(13-21)14-26(32)33)9-10-31(24)27-29-16-25(34-27)22-6-5-7-23(28)15-22/h5-7,11-13,15-16,24H,3-4,8-10,14,17-18H2,1-2H3,(H,32,33)/t24-/m0/s1. The molecule has 1 N–H and O–H groups in total. The van der Waals surface area contributed by atoms with E-state index in [1.54, 1.807) is 23.5 Å². The maximum atomic E-state index is 13.7. The molecule has 0 aliphatic carbocycles. The Labute approximate surface area is 204 Å². The summed E-state index contributed by atoms with van der Waals surface area (Å²) >= 11 is 1.63. The number of aryl methyl sites for hydroxylation is 1. The molecule has 3 aromatic rings. The van der Waals surface area contributed by atoms with Crippen LogP contribution in [0.2, 0.25) is 0 Å². The fourth-order valence-corrected chi connectivity index (χ4v) is 5.76. The van der Waals surface area contributed by atoms with Crippen molar-refractivity contribution in [1.82, 2.24) is 9.88 Å².